The zero-order chi connectivity index (χ0) is 31.9. The molecule has 3 aliphatic heterocycles. The summed E-state index contributed by atoms with van der Waals surface area (Å²) in [4.78, 5) is 62.8. The number of amides is 5. The number of hydrogen-bond acceptors (Lipinski definition) is 12. The van der Waals surface area contributed by atoms with Crippen molar-refractivity contribution in [3.63, 3.8) is 0 Å². The van der Waals surface area contributed by atoms with Crippen LogP contribution < -0.4 is 20.7 Å². The minimum Gasteiger partial charge on any atom is -0.483 e. The first-order valence-electron chi connectivity index (χ1n) is 15.3. The standard InChI is InChI=1S/C30H42N4O11.ClH/c35-25-5-4-23(28(37)33-25)34-29(38)22-2-1-3-24(27(22)30(34)39)45-20-26(36)32-10-11-40-12-13-41-14-15-42-16-17-43-18-19-44-21-6-8-31-9-7-21;/h1-3,21,23,31H,4-20H2,(H,32,36)(H,33,35,37);1H. The van der Waals surface area contributed by atoms with Gasteiger partial charge in [-0.05, 0) is 44.5 Å². The van der Waals surface area contributed by atoms with Crippen molar-refractivity contribution in [1.29, 1.82) is 0 Å². The second kappa shape index (κ2) is 20.1. The van der Waals surface area contributed by atoms with Gasteiger partial charge in [-0.25, -0.2) is 0 Å². The number of hydrogen-bond donors (Lipinski definition) is 3. The number of rotatable bonds is 20. The minimum absolute atomic E-state index is 0. The summed E-state index contributed by atoms with van der Waals surface area (Å²) in [5.74, 6) is -2.90. The first kappa shape index (κ1) is 37.3. The molecule has 1 aromatic carbocycles. The molecule has 2 fully saturated rings. The largest absolute Gasteiger partial charge is 0.483 e. The number of carbonyl (C=O) groups is 5. The SMILES string of the molecule is Cl.O=C(COc1cccc2c1C(=O)N(C1CCC(=O)NC1=O)C2=O)NCCOCCOCCOCCOCCOC1CCNCC1. The average Bonchev–Trinajstić information content (AvgIpc) is 3.29. The molecule has 0 aromatic heterocycles. The molecular formula is C30H43ClN4O11. The van der Waals surface area contributed by atoms with Gasteiger partial charge in [0.25, 0.3) is 17.7 Å². The van der Waals surface area contributed by atoms with Crippen molar-refractivity contribution in [3.8, 4) is 5.75 Å². The molecule has 0 saturated carbocycles. The van der Waals surface area contributed by atoms with Crippen LogP contribution in [0.5, 0.6) is 5.75 Å². The number of imide groups is 2. The molecule has 3 aliphatic rings. The van der Waals surface area contributed by atoms with Crippen molar-refractivity contribution in [2.45, 2.75) is 37.8 Å². The van der Waals surface area contributed by atoms with E-state index in [1.54, 1.807) is 0 Å². The van der Waals surface area contributed by atoms with Gasteiger partial charge in [-0.3, -0.25) is 34.2 Å². The van der Waals surface area contributed by atoms with Crippen LogP contribution in [0.4, 0.5) is 0 Å². The lowest BCUT2D eigenvalue weighted by Crippen LogP contribution is -2.54. The summed E-state index contributed by atoms with van der Waals surface area (Å²) in [6.07, 6.45) is 2.49. The molecule has 46 heavy (non-hydrogen) atoms. The first-order valence-corrected chi connectivity index (χ1v) is 15.3. The maximum absolute atomic E-state index is 13.1. The summed E-state index contributed by atoms with van der Waals surface area (Å²) in [5.41, 5.74) is 0.0541. The molecule has 16 heteroatoms. The molecular weight excluding hydrogens is 628 g/mol. The summed E-state index contributed by atoms with van der Waals surface area (Å²) in [7, 11) is 0. The molecule has 256 valence electrons. The van der Waals surface area contributed by atoms with E-state index in [0.29, 0.717) is 59.0 Å². The van der Waals surface area contributed by atoms with E-state index >= 15 is 0 Å². The second-order valence-corrected chi connectivity index (χ2v) is 10.5. The molecule has 0 aliphatic carbocycles. The van der Waals surface area contributed by atoms with Gasteiger partial charge in [0.1, 0.15) is 11.8 Å². The van der Waals surface area contributed by atoms with E-state index < -0.39 is 42.2 Å². The van der Waals surface area contributed by atoms with E-state index in [4.69, 9.17) is 28.4 Å². The highest BCUT2D eigenvalue weighted by Gasteiger charge is 2.46. The van der Waals surface area contributed by atoms with Crippen molar-refractivity contribution in [2.24, 2.45) is 0 Å². The molecule has 3 N–H and O–H groups in total. The molecule has 3 heterocycles. The normalized spacial score (nSPS) is 18.3. The van der Waals surface area contributed by atoms with Gasteiger partial charge in [0, 0.05) is 13.0 Å². The fraction of sp³-hybridized carbons (Fsp3) is 0.633. The highest BCUT2D eigenvalue weighted by molar-refractivity contribution is 6.24. The van der Waals surface area contributed by atoms with Gasteiger partial charge in [-0.2, -0.15) is 0 Å². The smallest absolute Gasteiger partial charge is 0.266 e. The van der Waals surface area contributed by atoms with Crippen LogP contribution in [0.15, 0.2) is 18.2 Å². The molecule has 0 radical (unpaired) electrons. The van der Waals surface area contributed by atoms with E-state index in [0.717, 1.165) is 30.8 Å². The number of nitrogens with zero attached hydrogens (tertiary/aromatic N) is 1. The summed E-state index contributed by atoms with van der Waals surface area (Å²) in [6.45, 7) is 5.88. The van der Waals surface area contributed by atoms with Gasteiger partial charge in [-0.1, -0.05) is 6.07 Å². The number of piperidine rings is 2. The van der Waals surface area contributed by atoms with Crippen LogP contribution in [0.2, 0.25) is 0 Å². The van der Waals surface area contributed by atoms with Gasteiger partial charge in [0.15, 0.2) is 6.61 Å². The predicted octanol–water partition coefficient (Wildman–Crippen LogP) is -0.160. The molecule has 4 rings (SSSR count). The Bertz CT molecular complexity index is 1180. The van der Waals surface area contributed by atoms with Crippen molar-refractivity contribution in [2.75, 3.05) is 85.7 Å². The number of benzene rings is 1. The number of halogens is 1. The first-order chi connectivity index (χ1) is 22.0. The van der Waals surface area contributed by atoms with E-state index in [2.05, 4.69) is 16.0 Å². The average molecular weight is 671 g/mol. The van der Waals surface area contributed by atoms with Gasteiger partial charge >= 0.3 is 0 Å². The Labute approximate surface area is 273 Å². The van der Waals surface area contributed by atoms with E-state index in [-0.39, 0.29) is 55.3 Å². The van der Waals surface area contributed by atoms with Gasteiger partial charge in [0.2, 0.25) is 11.8 Å². The van der Waals surface area contributed by atoms with Crippen LogP contribution in [-0.2, 0) is 38.1 Å². The third kappa shape index (κ3) is 11.3. The third-order valence-corrected chi connectivity index (χ3v) is 7.34. The van der Waals surface area contributed by atoms with Gasteiger partial charge in [0.05, 0.1) is 76.7 Å². The fourth-order valence-corrected chi connectivity index (χ4v) is 5.06. The quantitative estimate of drug-likeness (QED) is 0.123. The minimum atomic E-state index is -1.09. The Hall–Kier alpha value is -3.18. The monoisotopic (exact) mass is 670 g/mol. The van der Waals surface area contributed by atoms with Crippen molar-refractivity contribution in [3.05, 3.63) is 29.3 Å². The van der Waals surface area contributed by atoms with Crippen LogP contribution in [0.25, 0.3) is 0 Å². The van der Waals surface area contributed by atoms with Crippen molar-refractivity contribution < 1.29 is 52.4 Å². The zero-order valence-electron chi connectivity index (χ0n) is 25.8. The topological polar surface area (TPSA) is 180 Å². The fourth-order valence-electron chi connectivity index (χ4n) is 5.06. The molecule has 5 amide bonds. The highest BCUT2D eigenvalue weighted by atomic mass is 35.5. The van der Waals surface area contributed by atoms with Crippen LogP contribution >= 0.6 is 12.4 Å². The van der Waals surface area contributed by atoms with Crippen molar-refractivity contribution in [1.82, 2.24) is 20.9 Å². The number of ether oxygens (including phenoxy) is 6. The third-order valence-electron chi connectivity index (χ3n) is 7.34. The Morgan fingerprint density at radius 2 is 1.46 bits per heavy atom. The molecule has 1 atom stereocenters. The molecule has 0 spiro atoms. The highest BCUT2D eigenvalue weighted by Crippen LogP contribution is 2.33. The lowest BCUT2D eigenvalue weighted by atomic mass is 10.0. The lowest BCUT2D eigenvalue weighted by Gasteiger charge is -2.27. The summed E-state index contributed by atoms with van der Waals surface area (Å²) in [5, 5.41) is 8.11. The molecule has 1 unspecified atom stereocenters. The molecule has 2 saturated heterocycles. The van der Waals surface area contributed by atoms with Crippen LogP contribution in [-0.4, -0.2) is 132 Å². The summed E-state index contributed by atoms with van der Waals surface area (Å²) >= 11 is 0. The zero-order valence-corrected chi connectivity index (χ0v) is 26.6. The number of nitrogens with one attached hydrogen (secondary N) is 3. The number of fused-ring (bicyclic) bond motifs is 1. The Kier molecular flexibility index (Phi) is 16.3. The predicted molar refractivity (Wildman–Crippen MR) is 164 cm³/mol. The molecule has 15 nitrogen and oxygen atoms in total. The van der Waals surface area contributed by atoms with Gasteiger partial charge in [-0.15, -0.1) is 12.4 Å². The van der Waals surface area contributed by atoms with Crippen LogP contribution in [0, 0.1) is 0 Å². The second-order valence-electron chi connectivity index (χ2n) is 10.5. The lowest BCUT2D eigenvalue weighted by molar-refractivity contribution is -0.136. The Balaban J connectivity index is 0.00000576. The maximum Gasteiger partial charge on any atom is 0.266 e. The maximum atomic E-state index is 13.1. The number of carbonyl (C=O) groups excluding carboxylic acids is 5. The summed E-state index contributed by atoms with van der Waals surface area (Å²) < 4.78 is 33.2. The van der Waals surface area contributed by atoms with E-state index in [9.17, 15) is 24.0 Å². The molecule has 1 aromatic rings. The van der Waals surface area contributed by atoms with Crippen LogP contribution in [0.1, 0.15) is 46.4 Å². The molecule has 0 bridgehead atoms. The van der Waals surface area contributed by atoms with Crippen molar-refractivity contribution >= 4 is 41.9 Å². The summed E-state index contributed by atoms with van der Waals surface area (Å²) in [6, 6.07) is 3.36. The van der Waals surface area contributed by atoms with E-state index in [1.807, 2.05) is 0 Å². The van der Waals surface area contributed by atoms with Crippen LogP contribution in [0.3, 0.4) is 0 Å². The van der Waals surface area contributed by atoms with Gasteiger partial charge < -0.3 is 39.1 Å². The van der Waals surface area contributed by atoms with E-state index in [1.165, 1.54) is 18.2 Å². The Morgan fingerprint density at radius 1 is 0.826 bits per heavy atom. The Morgan fingerprint density at radius 3 is 2.11 bits per heavy atom.